The van der Waals surface area contributed by atoms with Gasteiger partial charge in [0, 0.05) is 25.8 Å². The first-order chi connectivity index (χ1) is 9.08. The molecule has 0 spiro atoms. The number of carbonyl (C=O) groups is 1. The molecule has 0 saturated carbocycles. The number of amides is 1. The van der Waals surface area contributed by atoms with E-state index in [9.17, 15) is 4.79 Å². The van der Waals surface area contributed by atoms with E-state index in [2.05, 4.69) is 24.3 Å². The lowest BCUT2D eigenvalue weighted by Gasteiger charge is -2.32. The van der Waals surface area contributed by atoms with Gasteiger partial charge in [0.05, 0.1) is 0 Å². The van der Waals surface area contributed by atoms with E-state index in [0.29, 0.717) is 11.6 Å². The van der Waals surface area contributed by atoms with Gasteiger partial charge in [-0.15, -0.1) is 0 Å². The highest BCUT2D eigenvalue weighted by atomic mass is 16.2. The molecule has 0 aliphatic carbocycles. The Hall–Kier alpha value is -1.36. The van der Waals surface area contributed by atoms with Crippen molar-refractivity contribution in [1.82, 2.24) is 20.0 Å². The Bertz CT molecular complexity index is 421. The van der Waals surface area contributed by atoms with Crippen LogP contribution in [-0.4, -0.2) is 46.3 Å². The maximum absolute atomic E-state index is 12.5. The monoisotopic (exact) mass is 264 g/mol. The first-order valence-electron chi connectivity index (χ1n) is 7.09. The van der Waals surface area contributed by atoms with Crippen LogP contribution in [0.4, 0.5) is 0 Å². The summed E-state index contributed by atoms with van der Waals surface area (Å²) in [7, 11) is 1.84. The fourth-order valence-corrected chi connectivity index (χ4v) is 2.55. The lowest BCUT2D eigenvalue weighted by Crippen LogP contribution is -2.43. The lowest BCUT2D eigenvalue weighted by atomic mass is 9.97. The van der Waals surface area contributed by atoms with Crippen LogP contribution >= 0.6 is 0 Å². The first-order valence-corrected chi connectivity index (χ1v) is 7.09. The topological polar surface area (TPSA) is 50.2 Å². The molecule has 5 nitrogen and oxygen atoms in total. The molecule has 0 unspecified atom stereocenters. The number of hydrogen-bond acceptors (Lipinski definition) is 3. The van der Waals surface area contributed by atoms with E-state index in [1.165, 1.54) is 0 Å². The minimum atomic E-state index is 0.0501. The molecular weight excluding hydrogens is 240 g/mol. The Morgan fingerprint density at radius 3 is 2.74 bits per heavy atom. The third-order valence-corrected chi connectivity index (χ3v) is 3.73. The van der Waals surface area contributed by atoms with Crippen LogP contribution in [0.25, 0.3) is 0 Å². The summed E-state index contributed by atoms with van der Waals surface area (Å²) in [5.41, 5.74) is 0.546. The molecule has 2 heterocycles. The van der Waals surface area contributed by atoms with Gasteiger partial charge in [0.15, 0.2) is 0 Å². The summed E-state index contributed by atoms with van der Waals surface area (Å²) in [5, 5.41) is 7.58. The Kier molecular flexibility index (Phi) is 4.58. The van der Waals surface area contributed by atoms with Crippen LogP contribution in [-0.2, 0) is 7.05 Å². The van der Waals surface area contributed by atoms with Crippen molar-refractivity contribution in [3.8, 4) is 0 Å². The van der Waals surface area contributed by atoms with Crippen LogP contribution in [0, 0.1) is 5.92 Å². The molecule has 1 aromatic rings. The largest absolute Gasteiger partial charge is 0.335 e. The van der Waals surface area contributed by atoms with E-state index in [1.807, 2.05) is 18.1 Å². The van der Waals surface area contributed by atoms with Gasteiger partial charge in [0.1, 0.15) is 5.69 Å². The van der Waals surface area contributed by atoms with Gasteiger partial charge in [-0.05, 0) is 51.8 Å². The van der Waals surface area contributed by atoms with Gasteiger partial charge >= 0.3 is 0 Å². The smallest absolute Gasteiger partial charge is 0.274 e. The van der Waals surface area contributed by atoms with E-state index >= 15 is 0 Å². The third-order valence-electron chi connectivity index (χ3n) is 3.73. The number of rotatable bonds is 4. The normalized spacial score (nSPS) is 16.8. The van der Waals surface area contributed by atoms with E-state index in [0.717, 1.165) is 32.5 Å². The molecule has 1 aliphatic rings. The molecule has 1 fully saturated rings. The van der Waals surface area contributed by atoms with Gasteiger partial charge in [-0.3, -0.25) is 9.48 Å². The van der Waals surface area contributed by atoms with Gasteiger partial charge in [-0.2, -0.15) is 5.10 Å². The molecule has 2 rings (SSSR count). The van der Waals surface area contributed by atoms with Gasteiger partial charge in [0.25, 0.3) is 5.91 Å². The summed E-state index contributed by atoms with van der Waals surface area (Å²) in [6.45, 7) is 7.11. The Morgan fingerprint density at radius 1 is 1.53 bits per heavy atom. The third kappa shape index (κ3) is 3.56. The first kappa shape index (κ1) is 14.1. The van der Waals surface area contributed by atoms with Crippen LogP contribution in [0.3, 0.4) is 0 Å². The van der Waals surface area contributed by atoms with E-state index in [1.54, 1.807) is 10.7 Å². The van der Waals surface area contributed by atoms with Crippen molar-refractivity contribution in [2.24, 2.45) is 13.0 Å². The number of carbonyl (C=O) groups excluding carboxylic acids is 1. The van der Waals surface area contributed by atoms with Crippen molar-refractivity contribution in [3.05, 3.63) is 18.0 Å². The zero-order chi connectivity index (χ0) is 13.8. The highest BCUT2D eigenvalue weighted by Gasteiger charge is 2.24. The van der Waals surface area contributed by atoms with Crippen LogP contribution in [0.1, 0.15) is 37.2 Å². The fraction of sp³-hybridized carbons (Fsp3) is 0.714. The molecule has 0 radical (unpaired) electrons. The quantitative estimate of drug-likeness (QED) is 0.891. The average molecular weight is 264 g/mol. The molecule has 5 heteroatoms. The molecule has 1 N–H and O–H groups in total. The van der Waals surface area contributed by atoms with E-state index < -0.39 is 0 Å². The van der Waals surface area contributed by atoms with Gasteiger partial charge < -0.3 is 10.2 Å². The van der Waals surface area contributed by atoms with Gasteiger partial charge in [-0.25, -0.2) is 0 Å². The van der Waals surface area contributed by atoms with Gasteiger partial charge in [0.2, 0.25) is 0 Å². The number of nitrogens with zero attached hydrogens (tertiary/aromatic N) is 3. The summed E-state index contributed by atoms with van der Waals surface area (Å²) < 4.78 is 1.68. The van der Waals surface area contributed by atoms with E-state index in [-0.39, 0.29) is 11.9 Å². The molecule has 0 aromatic carbocycles. The van der Waals surface area contributed by atoms with Crippen molar-refractivity contribution in [2.75, 3.05) is 19.6 Å². The average Bonchev–Trinajstić information content (AvgIpc) is 2.83. The van der Waals surface area contributed by atoms with Crippen molar-refractivity contribution >= 4 is 5.91 Å². The highest BCUT2D eigenvalue weighted by molar-refractivity contribution is 5.92. The SMILES string of the molecule is CC(C)N(CC1CCNCC1)C(=O)c1ccn(C)n1. The van der Waals surface area contributed by atoms with Crippen molar-refractivity contribution < 1.29 is 4.79 Å². The molecule has 0 bridgehead atoms. The zero-order valence-electron chi connectivity index (χ0n) is 12.1. The number of aryl methyl sites for hydroxylation is 1. The molecule has 106 valence electrons. The summed E-state index contributed by atoms with van der Waals surface area (Å²) >= 11 is 0. The van der Waals surface area contributed by atoms with Crippen molar-refractivity contribution in [2.45, 2.75) is 32.7 Å². The van der Waals surface area contributed by atoms with Crippen LogP contribution in [0.5, 0.6) is 0 Å². The van der Waals surface area contributed by atoms with Crippen molar-refractivity contribution in [3.63, 3.8) is 0 Å². The number of piperidine rings is 1. The fourth-order valence-electron chi connectivity index (χ4n) is 2.55. The van der Waals surface area contributed by atoms with Crippen LogP contribution < -0.4 is 5.32 Å². The molecule has 1 aliphatic heterocycles. The molecule has 1 amide bonds. The predicted octanol–water partition coefficient (Wildman–Crippen LogP) is 1.27. The zero-order valence-corrected chi connectivity index (χ0v) is 12.1. The Labute approximate surface area is 115 Å². The molecule has 1 aromatic heterocycles. The highest BCUT2D eigenvalue weighted by Crippen LogP contribution is 2.17. The Morgan fingerprint density at radius 2 is 2.21 bits per heavy atom. The lowest BCUT2D eigenvalue weighted by molar-refractivity contribution is 0.0651. The standard InChI is InChI=1S/C14H24N4O/c1-11(2)18(10-12-4-7-15-8-5-12)14(19)13-6-9-17(3)16-13/h6,9,11-12,15H,4-5,7-8,10H2,1-3H3. The molecule has 1 saturated heterocycles. The van der Waals surface area contributed by atoms with Crippen molar-refractivity contribution in [1.29, 1.82) is 0 Å². The molecular formula is C14H24N4O. The maximum atomic E-state index is 12.5. The number of aromatic nitrogens is 2. The molecule has 0 atom stereocenters. The second-order valence-electron chi connectivity index (χ2n) is 5.62. The minimum absolute atomic E-state index is 0.0501. The second kappa shape index (κ2) is 6.19. The van der Waals surface area contributed by atoms with Crippen LogP contribution in [0.15, 0.2) is 12.3 Å². The Balaban J connectivity index is 2.04. The number of hydrogen-bond donors (Lipinski definition) is 1. The summed E-state index contributed by atoms with van der Waals surface area (Å²) in [4.78, 5) is 14.5. The maximum Gasteiger partial charge on any atom is 0.274 e. The summed E-state index contributed by atoms with van der Waals surface area (Å²) in [6, 6.07) is 2.00. The van der Waals surface area contributed by atoms with E-state index in [4.69, 9.17) is 0 Å². The minimum Gasteiger partial charge on any atom is -0.335 e. The summed E-state index contributed by atoms with van der Waals surface area (Å²) in [5.74, 6) is 0.658. The second-order valence-corrected chi connectivity index (χ2v) is 5.62. The summed E-state index contributed by atoms with van der Waals surface area (Å²) in [6.07, 6.45) is 4.12. The predicted molar refractivity (Wildman–Crippen MR) is 75.0 cm³/mol. The van der Waals surface area contributed by atoms with Gasteiger partial charge in [-0.1, -0.05) is 0 Å². The number of nitrogens with one attached hydrogen (secondary N) is 1. The molecule has 19 heavy (non-hydrogen) atoms. The van der Waals surface area contributed by atoms with Crippen LogP contribution in [0.2, 0.25) is 0 Å².